The Kier molecular flexibility index (Phi) is 5.31. The second-order valence-electron chi connectivity index (χ2n) is 8.61. The summed E-state index contributed by atoms with van der Waals surface area (Å²) >= 11 is 1.48. The molecule has 3 N–H and O–H groups in total. The fourth-order valence-corrected chi connectivity index (χ4v) is 5.93. The van der Waals surface area contributed by atoms with Gasteiger partial charge in [0.1, 0.15) is 22.9 Å². The van der Waals surface area contributed by atoms with Crippen LogP contribution in [0.4, 0.5) is 5.00 Å². The Bertz CT molecular complexity index is 1180. The number of nitrogen functional groups attached to an aromatic ring is 1. The van der Waals surface area contributed by atoms with Gasteiger partial charge in [0.15, 0.2) is 0 Å². The molecule has 3 aromatic heterocycles. The van der Waals surface area contributed by atoms with Crippen molar-refractivity contribution in [2.45, 2.75) is 63.5 Å². The zero-order valence-corrected chi connectivity index (χ0v) is 18.9. The van der Waals surface area contributed by atoms with Crippen LogP contribution < -0.4 is 15.8 Å². The number of anilines is 1. The van der Waals surface area contributed by atoms with Crippen molar-refractivity contribution in [1.29, 1.82) is 5.26 Å². The van der Waals surface area contributed by atoms with Crippen LogP contribution in [0.3, 0.4) is 0 Å². The zero-order chi connectivity index (χ0) is 22.3. The Morgan fingerprint density at radius 2 is 2.28 bits per heavy atom. The first-order chi connectivity index (χ1) is 15.5. The highest BCUT2D eigenvalue weighted by Gasteiger charge is 2.43. The molecule has 3 aromatic rings. The molecule has 0 bridgehead atoms. The molecular formula is C22H25N7O2S. The Hall–Kier alpha value is -3.03. The molecule has 1 saturated heterocycles. The van der Waals surface area contributed by atoms with Gasteiger partial charge >= 0.3 is 6.01 Å². The van der Waals surface area contributed by atoms with E-state index in [2.05, 4.69) is 31.5 Å². The molecule has 4 heterocycles. The summed E-state index contributed by atoms with van der Waals surface area (Å²) in [5.41, 5.74) is 7.54. The van der Waals surface area contributed by atoms with Gasteiger partial charge in [-0.25, -0.2) is 4.98 Å². The van der Waals surface area contributed by atoms with Crippen LogP contribution in [0.2, 0.25) is 0 Å². The molecule has 0 aromatic carbocycles. The first-order valence-electron chi connectivity index (χ1n) is 10.9. The fraction of sp³-hybridized carbons (Fsp3) is 0.500. The predicted octanol–water partition coefficient (Wildman–Crippen LogP) is 3.20. The number of nitrogens with two attached hydrogens (primary N) is 1. The largest absolute Gasteiger partial charge is 0.459 e. The van der Waals surface area contributed by atoms with Crippen molar-refractivity contribution in [2.75, 3.05) is 12.3 Å². The molecule has 0 spiro atoms. The topological polar surface area (TPSA) is 136 Å². The van der Waals surface area contributed by atoms with Crippen LogP contribution in [0.5, 0.6) is 6.01 Å². The van der Waals surface area contributed by atoms with Crippen LogP contribution >= 0.6 is 11.3 Å². The molecular weight excluding hydrogens is 426 g/mol. The summed E-state index contributed by atoms with van der Waals surface area (Å²) in [6, 6.07) is 4.59. The standard InChI is InChI=1S/C22H25N7O2S/c1-12(14-5-4-9-25-14)30-21-26-10-7-15(27-21)19-28-20(31-29-19)22(2)8-3-6-16-17(22)13(11-23)18(24)32-16/h7,10,12,14,25H,3-6,8-9,24H2,1-2H3/t12-,14-,22-/m0/s1. The van der Waals surface area contributed by atoms with Gasteiger partial charge < -0.3 is 20.3 Å². The van der Waals surface area contributed by atoms with E-state index >= 15 is 0 Å². The van der Waals surface area contributed by atoms with Crippen molar-refractivity contribution in [2.24, 2.45) is 0 Å². The highest BCUT2D eigenvalue weighted by molar-refractivity contribution is 7.16. The van der Waals surface area contributed by atoms with Gasteiger partial charge in [-0.05, 0) is 58.6 Å². The van der Waals surface area contributed by atoms with Gasteiger partial charge in [0.25, 0.3) is 0 Å². The maximum Gasteiger partial charge on any atom is 0.317 e. The minimum Gasteiger partial charge on any atom is -0.459 e. The number of fused-ring (bicyclic) bond motifs is 1. The molecule has 166 valence electrons. The molecule has 2 aliphatic rings. The number of aromatic nitrogens is 4. The summed E-state index contributed by atoms with van der Waals surface area (Å²) in [6.07, 6.45) is 6.49. The average molecular weight is 452 g/mol. The maximum absolute atomic E-state index is 9.68. The van der Waals surface area contributed by atoms with E-state index in [1.54, 1.807) is 12.3 Å². The van der Waals surface area contributed by atoms with Gasteiger partial charge in [0.05, 0.1) is 11.0 Å². The molecule has 32 heavy (non-hydrogen) atoms. The van der Waals surface area contributed by atoms with E-state index in [0.29, 0.717) is 40.0 Å². The fourth-order valence-electron chi connectivity index (χ4n) is 4.74. The van der Waals surface area contributed by atoms with Crippen LogP contribution in [-0.2, 0) is 11.8 Å². The SMILES string of the molecule is C[C@H](Oc1nccc(-c2noc([C@@]3(C)CCCc4sc(N)c(C#N)c43)n2)n1)[C@@H]1CCCN1. The molecule has 1 aliphatic heterocycles. The van der Waals surface area contributed by atoms with Crippen LogP contribution in [0.15, 0.2) is 16.8 Å². The number of hydrogen-bond donors (Lipinski definition) is 2. The Labute approximate surface area is 190 Å². The number of thiophene rings is 1. The van der Waals surface area contributed by atoms with E-state index in [1.165, 1.54) is 11.3 Å². The van der Waals surface area contributed by atoms with E-state index in [4.69, 9.17) is 15.0 Å². The number of ether oxygens (including phenoxy) is 1. The molecule has 0 amide bonds. The van der Waals surface area contributed by atoms with Crippen molar-refractivity contribution in [1.82, 2.24) is 25.4 Å². The minimum atomic E-state index is -0.562. The van der Waals surface area contributed by atoms with Crippen molar-refractivity contribution < 1.29 is 9.26 Å². The summed E-state index contributed by atoms with van der Waals surface area (Å²) in [7, 11) is 0. The normalized spacial score (nSPS) is 23.5. The van der Waals surface area contributed by atoms with Crippen molar-refractivity contribution in [3.05, 3.63) is 34.2 Å². The second kappa shape index (κ2) is 8.15. The van der Waals surface area contributed by atoms with Crippen molar-refractivity contribution in [3.63, 3.8) is 0 Å². The van der Waals surface area contributed by atoms with Crippen molar-refractivity contribution in [3.8, 4) is 23.6 Å². The molecule has 0 unspecified atom stereocenters. The lowest BCUT2D eigenvalue weighted by molar-refractivity contribution is 0.165. The monoisotopic (exact) mass is 451 g/mol. The molecule has 1 fully saturated rings. The van der Waals surface area contributed by atoms with Gasteiger partial charge in [-0.2, -0.15) is 15.2 Å². The lowest BCUT2D eigenvalue weighted by Crippen LogP contribution is -2.36. The molecule has 3 atom stereocenters. The number of nitrogens with zero attached hydrogens (tertiary/aromatic N) is 5. The highest BCUT2D eigenvalue weighted by atomic mass is 32.1. The van der Waals surface area contributed by atoms with Gasteiger partial charge in [-0.1, -0.05) is 5.16 Å². The van der Waals surface area contributed by atoms with E-state index in [1.807, 2.05) is 13.8 Å². The third-order valence-electron chi connectivity index (χ3n) is 6.47. The number of aryl methyl sites for hydroxylation is 1. The minimum absolute atomic E-state index is 0.0402. The van der Waals surface area contributed by atoms with Gasteiger partial charge in [0, 0.05) is 22.7 Å². The number of hydrogen-bond acceptors (Lipinski definition) is 10. The second-order valence-corrected chi connectivity index (χ2v) is 9.75. The summed E-state index contributed by atoms with van der Waals surface area (Å²) in [4.78, 5) is 14.5. The summed E-state index contributed by atoms with van der Waals surface area (Å²) in [5, 5.41) is 17.9. The lowest BCUT2D eigenvalue weighted by Gasteiger charge is -2.30. The molecule has 9 nitrogen and oxygen atoms in total. The van der Waals surface area contributed by atoms with Gasteiger partial charge in [-0.3, -0.25) is 0 Å². The Balaban J connectivity index is 1.43. The number of rotatable bonds is 5. The number of nitriles is 1. The summed E-state index contributed by atoms with van der Waals surface area (Å²) in [5.74, 6) is 0.835. The average Bonchev–Trinajstić information content (AvgIpc) is 3.54. The maximum atomic E-state index is 9.68. The molecule has 10 heteroatoms. The van der Waals surface area contributed by atoms with Crippen LogP contribution in [0, 0.1) is 11.3 Å². The Morgan fingerprint density at radius 3 is 3.06 bits per heavy atom. The van der Waals surface area contributed by atoms with E-state index < -0.39 is 5.41 Å². The number of nitrogens with one attached hydrogen (secondary N) is 1. The van der Waals surface area contributed by atoms with E-state index in [9.17, 15) is 5.26 Å². The van der Waals surface area contributed by atoms with Crippen molar-refractivity contribution >= 4 is 16.3 Å². The third-order valence-corrected chi connectivity index (χ3v) is 7.55. The molecule has 0 radical (unpaired) electrons. The molecule has 0 saturated carbocycles. The van der Waals surface area contributed by atoms with Crippen LogP contribution in [-0.4, -0.2) is 38.8 Å². The third kappa shape index (κ3) is 3.51. The highest BCUT2D eigenvalue weighted by Crippen LogP contribution is 2.48. The van der Waals surface area contributed by atoms with Gasteiger partial charge in [-0.15, -0.1) is 11.3 Å². The lowest BCUT2D eigenvalue weighted by atomic mass is 9.72. The van der Waals surface area contributed by atoms with Gasteiger partial charge in [0.2, 0.25) is 11.7 Å². The first-order valence-corrected chi connectivity index (χ1v) is 11.7. The van der Waals surface area contributed by atoms with Crippen LogP contribution in [0.25, 0.3) is 11.5 Å². The van der Waals surface area contributed by atoms with Crippen LogP contribution in [0.1, 0.15) is 61.4 Å². The summed E-state index contributed by atoms with van der Waals surface area (Å²) in [6.45, 7) is 5.07. The van der Waals surface area contributed by atoms with E-state index in [-0.39, 0.29) is 6.10 Å². The van der Waals surface area contributed by atoms with E-state index in [0.717, 1.165) is 49.1 Å². The quantitative estimate of drug-likeness (QED) is 0.599. The smallest absolute Gasteiger partial charge is 0.317 e. The Morgan fingerprint density at radius 1 is 1.41 bits per heavy atom. The predicted molar refractivity (Wildman–Crippen MR) is 119 cm³/mol. The summed E-state index contributed by atoms with van der Waals surface area (Å²) < 4.78 is 11.7. The molecule has 1 aliphatic carbocycles. The molecule has 5 rings (SSSR count). The first kappa shape index (κ1) is 20.8. The zero-order valence-electron chi connectivity index (χ0n) is 18.1.